The molecule has 1 amide bonds. The van der Waals surface area contributed by atoms with Gasteiger partial charge >= 0.3 is 0 Å². The summed E-state index contributed by atoms with van der Waals surface area (Å²) in [6, 6.07) is 14.8. The number of carbonyl (C=O) groups excluding carboxylic acids is 1. The molecule has 0 aliphatic heterocycles. The van der Waals surface area contributed by atoms with Crippen molar-refractivity contribution >= 4 is 17.5 Å². The van der Waals surface area contributed by atoms with Gasteiger partial charge in [0, 0.05) is 11.4 Å². The normalized spacial score (nSPS) is 10.2. The monoisotopic (exact) mass is 333 g/mol. The van der Waals surface area contributed by atoms with Gasteiger partial charge in [-0.05, 0) is 42.3 Å². The standard InChI is InChI=1S/C18H20ClNO3/c1-22-17-5-3-2-4-14(17)6-11-18(21)20-12-13-23-16-9-7-15(19)8-10-16/h2-5,7-10H,6,11-13H2,1H3,(H,20,21). The molecule has 0 aliphatic carbocycles. The molecule has 0 heterocycles. The summed E-state index contributed by atoms with van der Waals surface area (Å²) in [7, 11) is 1.63. The van der Waals surface area contributed by atoms with E-state index >= 15 is 0 Å². The molecule has 0 aromatic heterocycles. The van der Waals surface area contributed by atoms with Crippen molar-refractivity contribution in [3.63, 3.8) is 0 Å². The maximum absolute atomic E-state index is 11.8. The minimum absolute atomic E-state index is 0.00406. The molecule has 0 saturated heterocycles. The quantitative estimate of drug-likeness (QED) is 0.752. The van der Waals surface area contributed by atoms with Crippen molar-refractivity contribution < 1.29 is 14.3 Å². The molecule has 1 N–H and O–H groups in total. The Bertz CT molecular complexity index is 628. The first kappa shape index (κ1) is 17.2. The Balaban J connectivity index is 1.66. The molecule has 23 heavy (non-hydrogen) atoms. The predicted octanol–water partition coefficient (Wildman–Crippen LogP) is 3.48. The maximum atomic E-state index is 11.8. The first-order valence-electron chi connectivity index (χ1n) is 7.46. The van der Waals surface area contributed by atoms with Gasteiger partial charge in [0.25, 0.3) is 0 Å². The minimum Gasteiger partial charge on any atom is -0.496 e. The highest BCUT2D eigenvalue weighted by Gasteiger charge is 2.06. The van der Waals surface area contributed by atoms with E-state index in [4.69, 9.17) is 21.1 Å². The molecule has 0 fully saturated rings. The molecular formula is C18H20ClNO3. The largest absolute Gasteiger partial charge is 0.496 e. The van der Waals surface area contributed by atoms with Crippen LogP contribution in [0.1, 0.15) is 12.0 Å². The van der Waals surface area contributed by atoms with E-state index in [2.05, 4.69) is 5.32 Å². The van der Waals surface area contributed by atoms with Gasteiger partial charge in [-0.1, -0.05) is 29.8 Å². The van der Waals surface area contributed by atoms with Gasteiger partial charge in [0.1, 0.15) is 18.1 Å². The van der Waals surface area contributed by atoms with E-state index in [0.717, 1.165) is 17.1 Å². The van der Waals surface area contributed by atoms with E-state index in [0.29, 0.717) is 31.0 Å². The fourth-order valence-electron chi connectivity index (χ4n) is 2.14. The van der Waals surface area contributed by atoms with Crippen molar-refractivity contribution in [2.75, 3.05) is 20.3 Å². The smallest absolute Gasteiger partial charge is 0.220 e. The average molecular weight is 334 g/mol. The summed E-state index contributed by atoms with van der Waals surface area (Å²) in [6.07, 6.45) is 1.06. The Hall–Kier alpha value is -2.20. The van der Waals surface area contributed by atoms with Crippen LogP contribution in [0.3, 0.4) is 0 Å². The summed E-state index contributed by atoms with van der Waals surface area (Å²) in [5.74, 6) is 1.54. The van der Waals surface area contributed by atoms with E-state index < -0.39 is 0 Å². The predicted molar refractivity (Wildman–Crippen MR) is 91.3 cm³/mol. The van der Waals surface area contributed by atoms with Crippen molar-refractivity contribution in [2.24, 2.45) is 0 Å². The molecule has 0 aliphatic rings. The first-order valence-corrected chi connectivity index (χ1v) is 7.84. The van der Waals surface area contributed by atoms with Crippen LogP contribution in [0, 0.1) is 0 Å². The second-order valence-electron chi connectivity index (χ2n) is 4.96. The molecule has 0 atom stereocenters. The lowest BCUT2D eigenvalue weighted by atomic mass is 10.1. The lowest BCUT2D eigenvalue weighted by molar-refractivity contribution is -0.121. The molecule has 0 bridgehead atoms. The Kier molecular flexibility index (Phi) is 6.76. The number of halogens is 1. The molecule has 2 aromatic carbocycles. The fraction of sp³-hybridized carbons (Fsp3) is 0.278. The van der Waals surface area contributed by atoms with E-state index in [1.54, 1.807) is 31.4 Å². The van der Waals surface area contributed by atoms with Gasteiger partial charge in [0.15, 0.2) is 0 Å². The van der Waals surface area contributed by atoms with Crippen molar-refractivity contribution in [1.29, 1.82) is 0 Å². The van der Waals surface area contributed by atoms with Gasteiger partial charge in [-0.25, -0.2) is 0 Å². The number of aryl methyl sites for hydroxylation is 1. The number of para-hydroxylation sites is 1. The van der Waals surface area contributed by atoms with E-state index in [1.165, 1.54) is 0 Å². The second kappa shape index (κ2) is 9.06. The summed E-state index contributed by atoms with van der Waals surface area (Å²) < 4.78 is 10.8. The lowest BCUT2D eigenvalue weighted by Crippen LogP contribution is -2.28. The molecule has 0 radical (unpaired) electrons. The third kappa shape index (κ3) is 5.83. The van der Waals surface area contributed by atoms with Crippen molar-refractivity contribution in [3.05, 3.63) is 59.1 Å². The van der Waals surface area contributed by atoms with Gasteiger partial charge < -0.3 is 14.8 Å². The molecule has 2 aromatic rings. The minimum atomic E-state index is -0.00406. The number of hydrogen-bond acceptors (Lipinski definition) is 3. The van der Waals surface area contributed by atoms with E-state index in [-0.39, 0.29) is 5.91 Å². The van der Waals surface area contributed by atoms with Crippen LogP contribution in [0.25, 0.3) is 0 Å². The van der Waals surface area contributed by atoms with E-state index in [9.17, 15) is 4.79 Å². The molecule has 0 saturated carbocycles. The molecule has 0 unspecified atom stereocenters. The summed E-state index contributed by atoms with van der Waals surface area (Å²) in [5.41, 5.74) is 1.03. The van der Waals surface area contributed by atoms with Crippen LogP contribution in [0.2, 0.25) is 5.02 Å². The number of benzene rings is 2. The third-order valence-electron chi connectivity index (χ3n) is 3.32. The Morgan fingerprint density at radius 2 is 1.87 bits per heavy atom. The van der Waals surface area contributed by atoms with Crippen LogP contribution >= 0.6 is 11.6 Å². The SMILES string of the molecule is COc1ccccc1CCC(=O)NCCOc1ccc(Cl)cc1. The van der Waals surface area contributed by atoms with Gasteiger partial charge in [-0.2, -0.15) is 0 Å². The zero-order valence-corrected chi connectivity index (χ0v) is 13.8. The number of rotatable bonds is 8. The topological polar surface area (TPSA) is 47.6 Å². The average Bonchev–Trinajstić information content (AvgIpc) is 2.58. The van der Waals surface area contributed by atoms with Crippen molar-refractivity contribution in [2.45, 2.75) is 12.8 Å². The zero-order chi connectivity index (χ0) is 16.5. The molecule has 0 spiro atoms. The highest BCUT2D eigenvalue weighted by atomic mass is 35.5. The van der Waals surface area contributed by atoms with Crippen LogP contribution in [-0.4, -0.2) is 26.2 Å². The third-order valence-corrected chi connectivity index (χ3v) is 3.57. The van der Waals surface area contributed by atoms with Gasteiger partial charge in [-0.3, -0.25) is 4.79 Å². The number of carbonyl (C=O) groups is 1. The number of ether oxygens (including phenoxy) is 2. The summed E-state index contributed by atoms with van der Waals surface area (Å²) in [5, 5.41) is 3.51. The molecule has 5 heteroatoms. The number of hydrogen-bond donors (Lipinski definition) is 1. The highest BCUT2D eigenvalue weighted by molar-refractivity contribution is 6.30. The molecule has 2 rings (SSSR count). The zero-order valence-electron chi connectivity index (χ0n) is 13.0. The fourth-order valence-corrected chi connectivity index (χ4v) is 2.26. The van der Waals surface area contributed by atoms with Gasteiger partial charge in [-0.15, -0.1) is 0 Å². The molecule has 4 nitrogen and oxygen atoms in total. The molecule has 122 valence electrons. The Morgan fingerprint density at radius 3 is 2.61 bits per heavy atom. The van der Waals surface area contributed by atoms with Crippen molar-refractivity contribution in [1.82, 2.24) is 5.32 Å². The number of nitrogens with one attached hydrogen (secondary N) is 1. The van der Waals surface area contributed by atoms with Gasteiger partial charge in [0.2, 0.25) is 5.91 Å². The van der Waals surface area contributed by atoms with Crippen molar-refractivity contribution in [3.8, 4) is 11.5 Å². The van der Waals surface area contributed by atoms with Crippen LogP contribution in [0.15, 0.2) is 48.5 Å². The van der Waals surface area contributed by atoms with Crippen LogP contribution in [-0.2, 0) is 11.2 Å². The van der Waals surface area contributed by atoms with Crippen LogP contribution < -0.4 is 14.8 Å². The second-order valence-corrected chi connectivity index (χ2v) is 5.40. The summed E-state index contributed by atoms with van der Waals surface area (Å²) in [6.45, 7) is 0.884. The van der Waals surface area contributed by atoms with Crippen LogP contribution in [0.5, 0.6) is 11.5 Å². The lowest BCUT2D eigenvalue weighted by Gasteiger charge is -2.09. The maximum Gasteiger partial charge on any atom is 0.220 e. The van der Waals surface area contributed by atoms with Gasteiger partial charge in [0.05, 0.1) is 13.7 Å². The summed E-state index contributed by atoms with van der Waals surface area (Å²) in [4.78, 5) is 11.8. The number of amides is 1. The van der Waals surface area contributed by atoms with E-state index in [1.807, 2.05) is 24.3 Å². The highest BCUT2D eigenvalue weighted by Crippen LogP contribution is 2.18. The Morgan fingerprint density at radius 1 is 1.13 bits per heavy atom. The van der Waals surface area contributed by atoms with Crippen LogP contribution in [0.4, 0.5) is 0 Å². The summed E-state index contributed by atoms with van der Waals surface area (Å²) >= 11 is 5.80. The Labute approximate surface area is 141 Å². The number of methoxy groups -OCH3 is 1. The first-order chi connectivity index (χ1) is 11.2. The molecular weight excluding hydrogens is 314 g/mol.